The Labute approximate surface area is 140 Å². The van der Waals surface area contributed by atoms with Gasteiger partial charge in [0.25, 0.3) is 0 Å². The third-order valence-corrected chi connectivity index (χ3v) is 4.67. The minimum absolute atomic E-state index is 0.0705. The standard InChI is InChI=1S/C18H19N3OS/c1-11-16-9-8-15(23-3)10-17(16)18(21-20-11)13-4-6-14(7-5-13)19-12(2)22/h4-11,18H,1-3H3,(H,19,22). The van der Waals surface area contributed by atoms with E-state index in [1.807, 2.05) is 24.3 Å². The van der Waals surface area contributed by atoms with Crippen molar-refractivity contribution in [2.45, 2.75) is 30.8 Å². The number of benzene rings is 2. The minimum atomic E-state index is -0.0836. The van der Waals surface area contributed by atoms with Crippen LogP contribution in [0.15, 0.2) is 57.6 Å². The van der Waals surface area contributed by atoms with Crippen molar-refractivity contribution in [2.24, 2.45) is 10.2 Å². The van der Waals surface area contributed by atoms with Gasteiger partial charge in [-0.15, -0.1) is 11.8 Å². The van der Waals surface area contributed by atoms with Crippen LogP contribution in [-0.2, 0) is 4.79 Å². The van der Waals surface area contributed by atoms with Crippen LogP contribution in [-0.4, -0.2) is 12.2 Å². The molecule has 0 saturated carbocycles. The van der Waals surface area contributed by atoms with Crippen LogP contribution in [0.4, 0.5) is 5.69 Å². The van der Waals surface area contributed by atoms with Gasteiger partial charge in [-0.3, -0.25) is 4.79 Å². The molecule has 0 aliphatic carbocycles. The largest absolute Gasteiger partial charge is 0.326 e. The first-order valence-corrected chi connectivity index (χ1v) is 8.76. The Kier molecular flexibility index (Phi) is 4.48. The van der Waals surface area contributed by atoms with E-state index in [2.05, 4.69) is 46.9 Å². The van der Waals surface area contributed by atoms with Crippen LogP contribution >= 0.6 is 11.8 Å². The number of carbonyl (C=O) groups is 1. The van der Waals surface area contributed by atoms with Crippen molar-refractivity contribution in [1.82, 2.24) is 0 Å². The molecule has 0 bridgehead atoms. The summed E-state index contributed by atoms with van der Waals surface area (Å²) in [5.74, 6) is -0.0705. The van der Waals surface area contributed by atoms with E-state index in [0.29, 0.717) is 0 Å². The van der Waals surface area contributed by atoms with Crippen molar-refractivity contribution >= 4 is 23.4 Å². The second kappa shape index (κ2) is 6.54. The maximum absolute atomic E-state index is 11.1. The van der Waals surface area contributed by atoms with Crippen LogP contribution in [0.3, 0.4) is 0 Å². The summed E-state index contributed by atoms with van der Waals surface area (Å²) in [5, 5.41) is 11.7. The van der Waals surface area contributed by atoms with Crippen molar-refractivity contribution in [1.29, 1.82) is 0 Å². The summed E-state index contributed by atoms with van der Waals surface area (Å²) in [6.07, 6.45) is 2.08. The summed E-state index contributed by atoms with van der Waals surface area (Å²) >= 11 is 1.73. The highest BCUT2D eigenvalue weighted by molar-refractivity contribution is 7.98. The topological polar surface area (TPSA) is 53.8 Å². The van der Waals surface area contributed by atoms with Crippen molar-refractivity contribution in [3.8, 4) is 0 Å². The number of amides is 1. The first-order valence-electron chi connectivity index (χ1n) is 7.54. The van der Waals surface area contributed by atoms with Crippen LogP contribution in [0, 0.1) is 0 Å². The number of anilines is 1. The zero-order chi connectivity index (χ0) is 16.4. The molecule has 1 heterocycles. The molecule has 0 fully saturated rings. The molecule has 118 valence electrons. The SMILES string of the molecule is CSc1ccc2c(c1)C(c1ccc(NC(C)=O)cc1)N=NC2C. The van der Waals surface area contributed by atoms with E-state index in [4.69, 9.17) is 0 Å². The summed E-state index contributed by atoms with van der Waals surface area (Å²) < 4.78 is 0. The first-order chi connectivity index (χ1) is 11.1. The van der Waals surface area contributed by atoms with Gasteiger partial charge in [0.1, 0.15) is 6.04 Å². The van der Waals surface area contributed by atoms with Gasteiger partial charge in [-0.25, -0.2) is 0 Å². The molecule has 0 aromatic heterocycles. The summed E-state index contributed by atoms with van der Waals surface area (Å²) in [5.41, 5.74) is 4.31. The highest BCUT2D eigenvalue weighted by atomic mass is 32.2. The first kappa shape index (κ1) is 15.7. The van der Waals surface area contributed by atoms with Crippen LogP contribution in [0.1, 0.15) is 42.6 Å². The summed E-state index contributed by atoms with van der Waals surface area (Å²) in [6.45, 7) is 3.57. The number of rotatable bonds is 3. The van der Waals surface area contributed by atoms with E-state index < -0.39 is 0 Å². The molecule has 2 aromatic rings. The number of carbonyl (C=O) groups excluding carboxylic acids is 1. The molecule has 3 rings (SSSR count). The van der Waals surface area contributed by atoms with E-state index in [1.54, 1.807) is 11.8 Å². The van der Waals surface area contributed by atoms with Crippen molar-refractivity contribution in [2.75, 3.05) is 11.6 Å². The Hall–Kier alpha value is -2.14. The number of fused-ring (bicyclic) bond motifs is 1. The number of hydrogen-bond donors (Lipinski definition) is 1. The Morgan fingerprint density at radius 2 is 1.83 bits per heavy atom. The molecule has 4 nitrogen and oxygen atoms in total. The fourth-order valence-corrected chi connectivity index (χ4v) is 3.24. The highest BCUT2D eigenvalue weighted by Crippen LogP contribution is 2.39. The molecule has 0 saturated heterocycles. The molecule has 1 aliphatic heterocycles. The third kappa shape index (κ3) is 3.29. The molecule has 2 atom stereocenters. The average Bonchev–Trinajstić information content (AvgIpc) is 2.55. The second-order valence-corrected chi connectivity index (χ2v) is 6.49. The minimum Gasteiger partial charge on any atom is -0.326 e. The van der Waals surface area contributed by atoms with Crippen molar-refractivity contribution in [3.05, 3.63) is 59.2 Å². The summed E-state index contributed by atoms with van der Waals surface area (Å²) in [7, 11) is 0. The van der Waals surface area contributed by atoms with Gasteiger partial charge in [-0.1, -0.05) is 18.2 Å². The molecule has 2 aromatic carbocycles. The van der Waals surface area contributed by atoms with Crippen LogP contribution in [0.2, 0.25) is 0 Å². The van der Waals surface area contributed by atoms with Crippen LogP contribution < -0.4 is 5.32 Å². The Balaban J connectivity index is 1.97. The van der Waals surface area contributed by atoms with Crippen LogP contribution in [0.5, 0.6) is 0 Å². The van der Waals surface area contributed by atoms with Gasteiger partial charge in [-0.2, -0.15) is 10.2 Å². The van der Waals surface area contributed by atoms with Gasteiger partial charge < -0.3 is 5.32 Å². The number of thioether (sulfide) groups is 1. The zero-order valence-electron chi connectivity index (χ0n) is 13.4. The molecule has 23 heavy (non-hydrogen) atoms. The maximum atomic E-state index is 11.1. The van der Waals surface area contributed by atoms with E-state index in [-0.39, 0.29) is 18.0 Å². The lowest BCUT2D eigenvalue weighted by atomic mass is 9.91. The zero-order valence-corrected chi connectivity index (χ0v) is 14.2. The monoisotopic (exact) mass is 325 g/mol. The molecular weight excluding hydrogens is 306 g/mol. The lowest BCUT2D eigenvalue weighted by molar-refractivity contribution is -0.114. The fourth-order valence-electron chi connectivity index (χ4n) is 2.79. The van der Waals surface area contributed by atoms with Gasteiger partial charge in [0, 0.05) is 17.5 Å². The fraction of sp³-hybridized carbons (Fsp3) is 0.278. The van der Waals surface area contributed by atoms with E-state index >= 15 is 0 Å². The summed E-state index contributed by atoms with van der Waals surface area (Å²) in [4.78, 5) is 12.4. The molecule has 1 amide bonds. The number of azo groups is 1. The van der Waals surface area contributed by atoms with Gasteiger partial charge in [0.15, 0.2) is 0 Å². The van der Waals surface area contributed by atoms with E-state index in [0.717, 1.165) is 11.3 Å². The number of nitrogens with zero attached hydrogens (tertiary/aromatic N) is 2. The van der Waals surface area contributed by atoms with E-state index in [9.17, 15) is 4.79 Å². The second-order valence-electron chi connectivity index (χ2n) is 5.61. The number of hydrogen-bond acceptors (Lipinski definition) is 4. The Morgan fingerprint density at radius 3 is 2.48 bits per heavy atom. The molecular formula is C18H19N3OS. The molecule has 1 N–H and O–H groups in total. The highest BCUT2D eigenvalue weighted by Gasteiger charge is 2.24. The predicted octanol–water partition coefficient (Wildman–Crippen LogP) is 4.98. The molecule has 0 radical (unpaired) electrons. The molecule has 2 unspecified atom stereocenters. The molecule has 1 aliphatic rings. The molecule has 5 heteroatoms. The van der Waals surface area contributed by atoms with Gasteiger partial charge in [0.2, 0.25) is 5.91 Å². The number of nitrogens with one attached hydrogen (secondary N) is 1. The molecule has 0 spiro atoms. The van der Waals surface area contributed by atoms with Gasteiger partial charge in [0.05, 0.1) is 6.04 Å². The summed E-state index contributed by atoms with van der Waals surface area (Å²) in [6, 6.07) is 14.3. The maximum Gasteiger partial charge on any atom is 0.221 e. The van der Waals surface area contributed by atoms with Gasteiger partial charge >= 0.3 is 0 Å². The van der Waals surface area contributed by atoms with E-state index in [1.165, 1.54) is 22.9 Å². The van der Waals surface area contributed by atoms with Crippen molar-refractivity contribution < 1.29 is 4.79 Å². The quantitative estimate of drug-likeness (QED) is 0.809. The van der Waals surface area contributed by atoms with Gasteiger partial charge in [-0.05, 0) is 54.1 Å². The normalized spacial score (nSPS) is 19.3. The Morgan fingerprint density at radius 1 is 1.09 bits per heavy atom. The predicted molar refractivity (Wildman–Crippen MR) is 94.1 cm³/mol. The Bertz CT molecular complexity index is 755. The van der Waals surface area contributed by atoms with Crippen LogP contribution in [0.25, 0.3) is 0 Å². The lowest BCUT2D eigenvalue weighted by Crippen LogP contribution is -2.09. The van der Waals surface area contributed by atoms with Crippen molar-refractivity contribution in [3.63, 3.8) is 0 Å². The average molecular weight is 325 g/mol. The third-order valence-electron chi connectivity index (χ3n) is 3.94. The smallest absolute Gasteiger partial charge is 0.221 e. The lowest BCUT2D eigenvalue weighted by Gasteiger charge is -2.24.